The van der Waals surface area contributed by atoms with Gasteiger partial charge in [-0.1, -0.05) is 12.8 Å². The predicted molar refractivity (Wildman–Crippen MR) is 49.9 cm³/mol. The highest BCUT2D eigenvalue weighted by Crippen LogP contribution is 2.22. The molecule has 2 heteroatoms. The van der Waals surface area contributed by atoms with Crippen LogP contribution in [0.3, 0.4) is 0 Å². The quantitative estimate of drug-likeness (QED) is 0.538. The monoisotopic (exact) mass is 168 g/mol. The first-order chi connectivity index (χ1) is 5.86. The van der Waals surface area contributed by atoms with Crippen molar-refractivity contribution in [3.63, 3.8) is 0 Å². The van der Waals surface area contributed by atoms with Crippen LogP contribution in [0.25, 0.3) is 0 Å². The summed E-state index contributed by atoms with van der Waals surface area (Å²) in [4.78, 5) is 4.14. The highest BCUT2D eigenvalue weighted by atomic mass is 15.3. The number of hydrogen-bond donors (Lipinski definition) is 1. The first-order valence-corrected chi connectivity index (χ1v) is 5.27. The van der Waals surface area contributed by atoms with E-state index in [1.807, 2.05) is 0 Å². The van der Waals surface area contributed by atoms with Gasteiger partial charge in [0.15, 0.2) is 0 Å². The average molecular weight is 168 g/mol. The second-order valence-electron chi connectivity index (χ2n) is 4.22. The normalized spacial score (nSPS) is 29.8. The fraction of sp³-hybridized carbons (Fsp3) is 0.900. The predicted octanol–water partition coefficient (Wildman–Crippen LogP) is -0.0789. The van der Waals surface area contributed by atoms with Gasteiger partial charge in [-0.05, 0) is 12.8 Å². The van der Waals surface area contributed by atoms with Crippen LogP contribution in [0.4, 0.5) is 0 Å². The molecule has 0 radical (unpaired) electrons. The van der Waals surface area contributed by atoms with Crippen molar-refractivity contribution in [2.45, 2.75) is 31.7 Å². The van der Waals surface area contributed by atoms with Crippen molar-refractivity contribution in [3.05, 3.63) is 7.05 Å². The second-order valence-corrected chi connectivity index (χ2v) is 4.22. The van der Waals surface area contributed by atoms with E-state index < -0.39 is 0 Å². The standard InChI is InChI=1S/C10H20N2/c1-11-6-8-12(9-7-11)10-4-2-3-5-10/h10-11H,1-9H2. The molecule has 0 spiro atoms. The summed E-state index contributed by atoms with van der Waals surface area (Å²) in [5.74, 6) is 0. The molecule has 0 unspecified atom stereocenters. The van der Waals surface area contributed by atoms with Crippen molar-refractivity contribution >= 4 is 0 Å². The molecule has 12 heavy (non-hydrogen) atoms. The Labute approximate surface area is 75.5 Å². The van der Waals surface area contributed by atoms with E-state index in [-0.39, 0.29) is 0 Å². The molecular weight excluding hydrogens is 148 g/mol. The van der Waals surface area contributed by atoms with Gasteiger partial charge in [0.1, 0.15) is 0 Å². The summed E-state index contributed by atoms with van der Waals surface area (Å²) in [6.45, 7) is 5.06. The summed E-state index contributed by atoms with van der Waals surface area (Å²) in [6, 6.07) is 0.929. The second kappa shape index (κ2) is 3.75. The first-order valence-electron chi connectivity index (χ1n) is 5.27. The highest BCUT2D eigenvalue weighted by molar-refractivity contribution is 4.78. The van der Waals surface area contributed by atoms with Gasteiger partial charge in [-0.15, -0.1) is 0 Å². The molecule has 1 N–H and O–H groups in total. The van der Waals surface area contributed by atoms with E-state index in [1.54, 1.807) is 0 Å². The lowest BCUT2D eigenvalue weighted by Gasteiger charge is -2.37. The molecular formula is C10H20N2. The average Bonchev–Trinajstić information content (AvgIpc) is 2.58. The zero-order chi connectivity index (χ0) is 8.39. The highest BCUT2D eigenvalue weighted by Gasteiger charge is 2.25. The number of nitrogens with zero attached hydrogens (tertiary/aromatic N) is 1. The number of rotatable bonds is 1. The molecule has 0 bridgehead atoms. The molecule has 70 valence electrons. The Bertz CT molecular complexity index is 133. The maximum Gasteiger partial charge on any atom is 0.0660 e. The fourth-order valence-electron chi connectivity index (χ4n) is 2.47. The molecule has 1 saturated carbocycles. The van der Waals surface area contributed by atoms with Crippen LogP contribution in [-0.2, 0) is 0 Å². The number of nitrogens with one attached hydrogen (secondary N) is 1. The summed E-state index contributed by atoms with van der Waals surface area (Å²) in [5.41, 5.74) is 0. The molecule has 0 aromatic heterocycles. The van der Waals surface area contributed by atoms with Gasteiger partial charge < -0.3 is 4.90 Å². The van der Waals surface area contributed by atoms with Crippen molar-refractivity contribution in [3.8, 4) is 0 Å². The molecule has 2 fully saturated rings. The maximum absolute atomic E-state index is 4.05. The number of piperazine rings is 1. The topological polar surface area (TPSA) is 7.68 Å². The molecule has 2 nitrogen and oxygen atoms in total. The van der Waals surface area contributed by atoms with Gasteiger partial charge in [0.2, 0.25) is 0 Å². The molecule has 0 aromatic rings. The molecule has 2 rings (SSSR count). The lowest BCUT2D eigenvalue weighted by atomic mass is 10.2. The molecule has 1 heterocycles. The minimum atomic E-state index is 0.929. The lowest BCUT2D eigenvalue weighted by Crippen LogP contribution is -3.10. The largest absolute Gasteiger partial charge is 0.466 e. The Morgan fingerprint density at radius 2 is 1.67 bits per heavy atom. The van der Waals surface area contributed by atoms with Gasteiger partial charge >= 0.3 is 0 Å². The minimum Gasteiger partial charge on any atom is -0.466 e. The lowest BCUT2D eigenvalue weighted by molar-refractivity contribution is -0.859. The van der Waals surface area contributed by atoms with Crippen LogP contribution in [0.2, 0.25) is 0 Å². The van der Waals surface area contributed by atoms with Gasteiger partial charge in [0.25, 0.3) is 0 Å². The Hall–Kier alpha value is -0.0800. The third kappa shape index (κ3) is 1.80. The van der Waals surface area contributed by atoms with Crippen LogP contribution < -0.4 is 4.90 Å². The Morgan fingerprint density at radius 1 is 1.08 bits per heavy atom. The van der Waals surface area contributed by atoms with Crippen LogP contribution in [0.1, 0.15) is 25.7 Å². The fourth-order valence-corrected chi connectivity index (χ4v) is 2.47. The van der Waals surface area contributed by atoms with Gasteiger partial charge in [-0.3, -0.25) is 4.90 Å². The summed E-state index contributed by atoms with van der Waals surface area (Å²) >= 11 is 0. The number of quaternary nitrogens is 1. The molecule has 1 aliphatic heterocycles. The van der Waals surface area contributed by atoms with E-state index in [0.717, 1.165) is 6.04 Å². The van der Waals surface area contributed by atoms with Crippen molar-refractivity contribution in [1.29, 1.82) is 0 Å². The van der Waals surface area contributed by atoms with Gasteiger partial charge in [-0.2, -0.15) is 7.05 Å². The molecule has 1 saturated heterocycles. The van der Waals surface area contributed by atoms with Crippen LogP contribution in [-0.4, -0.2) is 37.1 Å². The van der Waals surface area contributed by atoms with Gasteiger partial charge in [0, 0.05) is 19.1 Å². The summed E-state index contributed by atoms with van der Waals surface area (Å²) < 4.78 is 0. The van der Waals surface area contributed by atoms with Gasteiger partial charge in [-0.25, -0.2) is 0 Å². The molecule has 2 aliphatic rings. The van der Waals surface area contributed by atoms with E-state index in [0.29, 0.717) is 0 Å². The van der Waals surface area contributed by atoms with Gasteiger partial charge in [0.05, 0.1) is 13.1 Å². The van der Waals surface area contributed by atoms with Crippen LogP contribution in [0, 0.1) is 7.05 Å². The molecule has 0 atom stereocenters. The Kier molecular flexibility index (Phi) is 2.66. The zero-order valence-corrected chi connectivity index (χ0v) is 7.89. The third-order valence-corrected chi connectivity index (χ3v) is 3.35. The minimum absolute atomic E-state index is 0.929. The van der Waals surface area contributed by atoms with E-state index in [9.17, 15) is 0 Å². The Balaban J connectivity index is 1.80. The smallest absolute Gasteiger partial charge is 0.0660 e. The van der Waals surface area contributed by atoms with E-state index in [2.05, 4.69) is 11.9 Å². The molecule has 1 aliphatic carbocycles. The van der Waals surface area contributed by atoms with Crippen LogP contribution in [0.5, 0.6) is 0 Å². The molecule has 0 amide bonds. The van der Waals surface area contributed by atoms with E-state index in [4.69, 9.17) is 0 Å². The maximum atomic E-state index is 4.05. The molecule has 0 aromatic carbocycles. The van der Waals surface area contributed by atoms with E-state index >= 15 is 0 Å². The number of hydrogen-bond acceptors (Lipinski definition) is 1. The van der Waals surface area contributed by atoms with Crippen molar-refractivity contribution in [1.82, 2.24) is 4.90 Å². The Morgan fingerprint density at radius 3 is 2.25 bits per heavy atom. The first kappa shape index (κ1) is 8.52. The van der Waals surface area contributed by atoms with Crippen molar-refractivity contribution in [2.75, 3.05) is 26.2 Å². The third-order valence-electron chi connectivity index (χ3n) is 3.35. The van der Waals surface area contributed by atoms with Crippen LogP contribution in [0.15, 0.2) is 0 Å². The summed E-state index contributed by atoms with van der Waals surface area (Å²) in [6.07, 6.45) is 5.82. The summed E-state index contributed by atoms with van der Waals surface area (Å²) in [7, 11) is 4.05. The SMILES string of the molecule is [CH2-][NH+]1CCN(C2CCCC2)CC1. The van der Waals surface area contributed by atoms with Crippen LogP contribution >= 0.6 is 0 Å². The van der Waals surface area contributed by atoms with E-state index in [1.165, 1.54) is 56.8 Å². The van der Waals surface area contributed by atoms with Crippen molar-refractivity contribution < 1.29 is 4.90 Å². The zero-order valence-electron chi connectivity index (χ0n) is 7.89. The van der Waals surface area contributed by atoms with Crippen molar-refractivity contribution in [2.24, 2.45) is 0 Å². The summed E-state index contributed by atoms with van der Waals surface area (Å²) in [5, 5.41) is 0.